The Hall–Kier alpha value is -11.7. The molecule has 0 spiro atoms. The molecule has 0 saturated heterocycles. The van der Waals surface area contributed by atoms with Crippen LogP contribution in [-0.4, -0.2) is 39.9 Å². The van der Waals surface area contributed by atoms with Crippen molar-refractivity contribution >= 4 is 54.3 Å². The Balaban J connectivity index is 0.945. The summed E-state index contributed by atoms with van der Waals surface area (Å²) in [5.41, 5.74) is 19.0. The number of pyridine rings is 2. The van der Waals surface area contributed by atoms with Gasteiger partial charge in [-0.3, -0.25) is 9.97 Å². The molecule has 0 aliphatic rings. The minimum atomic E-state index is 0.636. The summed E-state index contributed by atoms with van der Waals surface area (Å²) in [4.78, 5) is 42.1. The second-order valence-electron chi connectivity index (χ2n) is 21.3. The van der Waals surface area contributed by atoms with Crippen molar-refractivity contribution in [2.24, 2.45) is 0 Å². The van der Waals surface area contributed by atoms with Crippen molar-refractivity contribution < 1.29 is 0 Å². The molecule has 8 heteroatoms. The summed E-state index contributed by atoms with van der Waals surface area (Å²) in [6.07, 6.45) is 9.81. The van der Waals surface area contributed by atoms with E-state index in [1.165, 1.54) is 0 Å². The lowest BCUT2D eigenvalue weighted by molar-refractivity contribution is 1.22. The number of aromatic nitrogens is 8. The van der Waals surface area contributed by atoms with E-state index in [1.54, 1.807) is 0 Å². The highest BCUT2D eigenvalue weighted by atomic mass is 14.9. The van der Waals surface area contributed by atoms with Crippen LogP contribution in [0.5, 0.6) is 0 Å². The first kappa shape index (κ1) is 50.0. The summed E-state index contributed by atoms with van der Waals surface area (Å²) in [5, 5.41) is 6.91. The van der Waals surface area contributed by atoms with Crippen molar-refractivity contribution in [2.75, 3.05) is 0 Å². The molecule has 400 valence electrons. The highest BCUT2D eigenvalue weighted by Crippen LogP contribution is 2.53. The molecule has 0 bridgehead atoms. The lowest BCUT2D eigenvalue weighted by Gasteiger charge is -2.24. The summed E-state index contributed by atoms with van der Waals surface area (Å²) in [7, 11) is 0. The lowest BCUT2D eigenvalue weighted by atomic mass is 9.80. The average molecular weight is 1100 g/mol. The standard InChI is InChI=1S/C78H48N8/c1-7-23-50(24-8-1)65-61-47-82-77(55-31-15-5-16-32-55)85-74(61)68(72-66(51-25-9-2-10-26-51)60-46-81-76(54-29-13-4-14-30-54)84-73(60)67(71(65)72)52-27-11-3-12-28-52)53-40-38-49(39-41-53)57-42-43-64(80-45-57)70-59-36-20-19-35-58(59)69(63-37-21-22-44-79-63)62-48-83-78(86-75(62)70)56-33-17-6-18-34-56/h1-48H. The van der Waals surface area contributed by atoms with Gasteiger partial charge < -0.3 is 0 Å². The van der Waals surface area contributed by atoms with Gasteiger partial charge in [-0.1, -0.05) is 243 Å². The molecule has 5 heterocycles. The van der Waals surface area contributed by atoms with Crippen molar-refractivity contribution in [3.8, 4) is 112 Å². The molecule has 0 aliphatic carbocycles. The molecular weight excluding hydrogens is 1050 g/mol. The van der Waals surface area contributed by atoms with Crippen LogP contribution in [0.3, 0.4) is 0 Å². The summed E-state index contributed by atoms with van der Waals surface area (Å²) in [6.45, 7) is 0. The van der Waals surface area contributed by atoms with Gasteiger partial charge >= 0.3 is 0 Å². The second-order valence-corrected chi connectivity index (χ2v) is 21.3. The molecule has 8 nitrogen and oxygen atoms in total. The fourth-order valence-electron chi connectivity index (χ4n) is 12.5. The van der Waals surface area contributed by atoms with E-state index in [1.807, 2.05) is 116 Å². The maximum absolute atomic E-state index is 5.67. The normalized spacial score (nSPS) is 11.5. The van der Waals surface area contributed by atoms with Crippen molar-refractivity contribution in [1.29, 1.82) is 0 Å². The predicted octanol–water partition coefficient (Wildman–Crippen LogP) is 19.3. The van der Waals surface area contributed by atoms with Crippen molar-refractivity contribution in [2.45, 2.75) is 0 Å². The minimum absolute atomic E-state index is 0.636. The van der Waals surface area contributed by atoms with Crippen LogP contribution in [0.2, 0.25) is 0 Å². The van der Waals surface area contributed by atoms with Crippen LogP contribution in [0.1, 0.15) is 0 Å². The van der Waals surface area contributed by atoms with Crippen LogP contribution in [0.25, 0.3) is 167 Å². The topological polar surface area (TPSA) is 103 Å². The van der Waals surface area contributed by atoms with Crippen molar-refractivity contribution in [1.82, 2.24) is 39.9 Å². The van der Waals surface area contributed by atoms with Gasteiger partial charge in [0, 0.05) is 114 Å². The Morgan fingerprint density at radius 1 is 0.186 bits per heavy atom. The highest BCUT2D eigenvalue weighted by molar-refractivity contribution is 6.33. The molecule has 16 rings (SSSR count). The smallest absolute Gasteiger partial charge is 0.159 e. The van der Waals surface area contributed by atoms with Gasteiger partial charge in [0.05, 0.1) is 27.9 Å². The van der Waals surface area contributed by atoms with Crippen LogP contribution in [0, 0.1) is 0 Å². The van der Waals surface area contributed by atoms with Gasteiger partial charge in [0.25, 0.3) is 0 Å². The molecule has 0 aliphatic heterocycles. The van der Waals surface area contributed by atoms with E-state index in [0.29, 0.717) is 17.5 Å². The first-order valence-corrected chi connectivity index (χ1v) is 28.7. The fourth-order valence-corrected chi connectivity index (χ4v) is 12.5. The predicted molar refractivity (Wildman–Crippen MR) is 351 cm³/mol. The largest absolute Gasteiger partial charge is 0.256 e. The summed E-state index contributed by atoms with van der Waals surface area (Å²) in [5.74, 6) is 1.93. The molecule has 16 aromatic rings. The Bertz CT molecular complexity index is 5210. The van der Waals surface area contributed by atoms with Gasteiger partial charge in [-0.25, -0.2) is 29.9 Å². The molecule has 0 saturated carbocycles. The molecule has 0 amide bonds. The fraction of sp³-hybridized carbons (Fsp3) is 0. The van der Waals surface area contributed by atoms with E-state index in [9.17, 15) is 0 Å². The van der Waals surface area contributed by atoms with Gasteiger partial charge in [-0.2, -0.15) is 0 Å². The van der Waals surface area contributed by atoms with Crippen LogP contribution < -0.4 is 0 Å². The van der Waals surface area contributed by atoms with E-state index in [0.717, 1.165) is 149 Å². The highest BCUT2D eigenvalue weighted by Gasteiger charge is 2.29. The van der Waals surface area contributed by atoms with Crippen molar-refractivity contribution in [3.05, 3.63) is 292 Å². The third-order valence-corrected chi connectivity index (χ3v) is 16.3. The average Bonchev–Trinajstić information content (AvgIpc) is 0.775. The first-order chi connectivity index (χ1) is 42.7. The summed E-state index contributed by atoms with van der Waals surface area (Å²) >= 11 is 0. The molecule has 0 radical (unpaired) electrons. The number of rotatable bonds is 10. The van der Waals surface area contributed by atoms with Crippen LogP contribution in [-0.2, 0) is 0 Å². The Labute approximate surface area is 495 Å². The Morgan fingerprint density at radius 2 is 0.523 bits per heavy atom. The molecule has 0 unspecified atom stereocenters. The van der Waals surface area contributed by atoms with Gasteiger partial charge in [-0.05, 0) is 56.8 Å². The summed E-state index contributed by atoms with van der Waals surface area (Å²) in [6, 6.07) is 90.3. The zero-order valence-corrected chi connectivity index (χ0v) is 46.3. The number of fused-ring (bicyclic) bond motifs is 5. The van der Waals surface area contributed by atoms with E-state index < -0.39 is 0 Å². The Morgan fingerprint density at radius 3 is 0.942 bits per heavy atom. The monoisotopic (exact) mass is 1100 g/mol. The maximum Gasteiger partial charge on any atom is 0.159 e. The number of nitrogens with zero attached hydrogens (tertiary/aromatic N) is 8. The number of hydrogen-bond donors (Lipinski definition) is 0. The molecule has 0 N–H and O–H groups in total. The zero-order chi connectivity index (χ0) is 56.9. The third kappa shape index (κ3) is 8.63. The van der Waals surface area contributed by atoms with E-state index in [4.69, 9.17) is 39.9 Å². The molecule has 11 aromatic carbocycles. The Kier molecular flexibility index (Phi) is 12.3. The quantitative estimate of drug-likeness (QED) is 0.125. The second kappa shape index (κ2) is 21.2. The molecule has 86 heavy (non-hydrogen) atoms. The SMILES string of the molecule is c1ccc(-c2ncc3c(-c4ccccn4)c4ccccc4c(-c4ccc(-c5ccc(-c6c7nc(-c8ccccc8)ncc7c(-c7ccccc7)c7c(-c8ccccc8)c8nc(-c9ccccc9)ncc8c(-c8ccccc8)c67)cc5)cn4)c3n2)cc1. The summed E-state index contributed by atoms with van der Waals surface area (Å²) < 4.78 is 0. The lowest BCUT2D eigenvalue weighted by Crippen LogP contribution is -2.02. The van der Waals surface area contributed by atoms with Crippen LogP contribution in [0.15, 0.2) is 292 Å². The zero-order valence-electron chi connectivity index (χ0n) is 46.3. The van der Waals surface area contributed by atoms with Gasteiger partial charge in [0.2, 0.25) is 0 Å². The molecule has 0 fully saturated rings. The third-order valence-electron chi connectivity index (χ3n) is 16.3. The maximum atomic E-state index is 5.67. The van der Waals surface area contributed by atoms with Gasteiger partial charge in [-0.15, -0.1) is 0 Å². The van der Waals surface area contributed by atoms with E-state index in [2.05, 4.69) is 176 Å². The number of hydrogen-bond acceptors (Lipinski definition) is 8. The number of benzene rings is 11. The minimum Gasteiger partial charge on any atom is -0.256 e. The van der Waals surface area contributed by atoms with Crippen molar-refractivity contribution in [3.63, 3.8) is 0 Å². The molecule has 5 aromatic heterocycles. The van der Waals surface area contributed by atoms with Crippen LogP contribution >= 0.6 is 0 Å². The van der Waals surface area contributed by atoms with Gasteiger partial charge in [0.15, 0.2) is 17.5 Å². The van der Waals surface area contributed by atoms with Gasteiger partial charge in [0.1, 0.15) is 0 Å². The van der Waals surface area contributed by atoms with E-state index >= 15 is 0 Å². The van der Waals surface area contributed by atoms with Crippen LogP contribution in [0.4, 0.5) is 0 Å². The molecule has 0 atom stereocenters. The molecular formula is C78H48N8. The first-order valence-electron chi connectivity index (χ1n) is 28.7. The van der Waals surface area contributed by atoms with E-state index in [-0.39, 0.29) is 0 Å².